The second kappa shape index (κ2) is 3.92. The van der Waals surface area contributed by atoms with Crippen molar-refractivity contribution in [1.82, 2.24) is 0 Å². The van der Waals surface area contributed by atoms with Crippen molar-refractivity contribution in [1.29, 1.82) is 0 Å². The number of aromatic hydroxyl groups is 1. The van der Waals surface area contributed by atoms with Crippen LogP contribution in [0.4, 0.5) is 10.1 Å². The fraction of sp³-hybridized carbons (Fsp3) is 0.300. The third kappa shape index (κ3) is 1.83. The zero-order valence-electron chi connectivity index (χ0n) is 8.15. The molecule has 1 aromatic carbocycles. The van der Waals surface area contributed by atoms with E-state index in [1.807, 2.05) is 0 Å². The number of phenolic OH excluding ortho intramolecular Hbond substituents is 1. The van der Waals surface area contributed by atoms with Gasteiger partial charge in [0.15, 0.2) is 0 Å². The van der Waals surface area contributed by atoms with E-state index >= 15 is 0 Å². The van der Waals surface area contributed by atoms with Crippen LogP contribution in [-0.2, 0) is 4.79 Å². The van der Waals surface area contributed by atoms with Gasteiger partial charge in [-0.1, -0.05) is 11.6 Å². The molecule has 0 radical (unpaired) electrons. The molecular formula is C10H9ClFNO3. The minimum Gasteiger partial charge on any atom is -0.506 e. The van der Waals surface area contributed by atoms with Gasteiger partial charge in [0, 0.05) is 6.07 Å². The first kappa shape index (κ1) is 11.2. The number of anilines is 1. The van der Waals surface area contributed by atoms with Gasteiger partial charge in [-0.2, -0.15) is 0 Å². The van der Waals surface area contributed by atoms with Gasteiger partial charge in [-0.25, -0.2) is 4.39 Å². The second-order valence-corrected chi connectivity index (χ2v) is 4.02. The average Bonchev–Trinajstić information content (AvgIpc) is 2.51. The monoisotopic (exact) mass is 245 g/mol. The molecule has 0 aromatic heterocycles. The summed E-state index contributed by atoms with van der Waals surface area (Å²) < 4.78 is 13.5. The Morgan fingerprint density at radius 1 is 1.50 bits per heavy atom. The minimum atomic E-state index is -0.801. The molecule has 2 rings (SSSR count). The largest absolute Gasteiger partial charge is 0.506 e. The van der Waals surface area contributed by atoms with Crippen molar-refractivity contribution in [2.75, 3.05) is 11.4 Å². The number of nitrogens with zero attached hydrogens (tertiary/aromatic N) is 1. The zero-order valence-corrected chi connectivity index (χ0v) is 8.91. The van der Waals surface area contributed by atoms with Crippen LogP contribution in [0.5, 0.6) is 5.75 Å². The highest BCUT2D eigenvalue weighted by molar-refractivity contribution is 6.32. The highest BCUT2D eigenvalue weighted by atomic mass is 35.5. The Morgan fingerprint density at radius 3 is 2.75 bits per heavy atom. The van der Waals surface area contributed by atoms with Gasteiger partial charge in [-0.3, -0.25) is 4.79 Å². The molecule has 0 bridgehead atoms. The second-order valence-electron chi connectivity index (χ2n) is 3.62. The number of aliphatic hydroxyl groups is 1. The van der Waals surface area contributed by atoms with Crippen LogP contribution in [0.1, 0.15) is 6.42 Å². The molecule has 0 saturated carbocycles. The lowest BCUT2D eigenvalue weighted by Crippen LogP contribution is -2.26. The van der Waals surface area contributed by atoms with Gasteiger partial charge in [0.2, 0.25) is 5.91 Å². The number of carbonyl (C=O) groups is 1. The molecule has 1 heterocycles. The maximum atomic E-state index is 13.5. The number of halogens is 2. The number of benzene rings is 1. The van der Waals surface area contributed by atoms with E-state index in [0.717, 1.165) is 17.0 Å². The molecule has 1 fully saturated rings. The van der Waals surface area contributed by atoms with E-state index in [4.69, 9.17) is 11.6 Å². The molecule has 1 aliphatic heterocycles. The van der Waals surface area contributed by atoms with E-state index < -0.39 is 11.9 Å². The first-order valence-corrected chi connectivity index (χ1v) is 5.03. The summed E-state index contributed by atoms with van der Waals surface area (Å²) in [4.78, 5) is 12.5. The number of hydrogen-bond acceptors (Lipinski definition) is 3. The molecule has 1 atom stereocenters. The number of hydrogen-bond donors (Lipinski definition) is 2. The topological polar surface area (TPSA) is 60.8 Å². The lowest BCUT2D eigenvalue weighted by Gasteiger charge is -2.17. The summed E-state index contributed by atoms with van der Waals surface area (Å²) in [6.45, 7) is 0.0246. The van der Waals surface area contributed by atoms with E-state index in [1.54, 1.807) is 0 Å². The van der Waals surface area contributed by atoms with Gasteiger partial charge in [-0.05, 0) is 6.07 Å². The Hall–Kier alpha value is -1.33. The molecule has 1 amide bonds. The standard InChI is InChI=1S/C10H9ClFNO3/c11-6-2-7(12)8(3-9(6)15)13-4-5(14)1-10(13)16/h2-3,5,14-15H,1,4H2. The van der Waals surface area contributed by atoms with Crippen molar-refractivity contribution in [3.05, 3.63) is 23.0 Å². The number of phenols is 1. The van der Waals surface area contributed by atoms with E-state index in [0.29, 0.717) is 0 Å². The highest BCUT2D eigenvalue weighted by Crippen LogP contribution is 2.33. The molecule has 86 valence electrons. The Balaban J connectivity index is 2.41. The zero-order chi connectivity index (χ0) is 11.9. The third-order valence-electron chi connectivity index (χ3n) is 2.41. The van der Waals surface area contributed by atoms with Crippen molar-refractivity contribution < 1.29 is 19.4 Å². The fourth-order valence-corrected chi connectivity index (χ4v) is 1.81. The van der Waals surface area contributed by atoms with Crippen LogP contribution in [0.3, 0.4) is 0 Å². The minimum absolute atomic E-state index is 0.0246. The fourth-order valence-electron chi connectivity index (χ4n) is 1.65. The van der Waals surface area contributed by atoms with Gasteiger partial charge in [0.05, 0.1) is 29.8 Å². The quantitative estimate of drug-likeness (QED) is 0.784. The Labute approximate surface area is 95.9 Å². The van der Waals surface area contributed by atoms with Crippen molar-refractivity contribution >= 4 is 23.2 Å². The molecule has 0 spiro atoms. The van der Waals surface area contributed by atoms with Crippen molar-refractivity contribution in [2.45, 2.75) is 12.5 Å². The highest BCUT2D eigenvalue weighted by Gasteiger charge is 2.31. The molecule has 1 aromatic rings. The summed E-state index contributed by atoms with van der Waals surface area (Å²) in [5.74, 6) is -1.38. The SMILES string of the molecule is O=C1CC(O)CN1c1cc(O)c(Cl)cc1F. The van der Waals surface area contributed by atoms with E-state index in [1.165, 1.54) is 0 Å². The Kier molecular flexibility index (Phi) is 2.73. The Morgan fingerprint density at radius 2 is 2.19 bits per heavy atom. The van der Waals surface area contributed by atoms with E-state index in [9.17, 15) is 19.4 Å². The average molecular weight is 246 g/mol. The van der Waals surface area contributed by atoms with Gasteiger partial charge >= 0.3 is 0 Å². The van der Waals surface area contributed by atoms with Gasteiger partial charge < -0.3 is 15.1 Å². The normalized spacial score (nSPS) is 20.6. The van der Waals surface area contributed by atoms with Crippen LogP contribution in [0, 0.1) is 5.82 Å². The summed E-state index contributed by atoms with van der Waals surface area (Å²) in [6.07, 6.45) is -0.840. The molecule has 1 unspecified atom stereocenters. The van der Waals surface area contributed by atoms with Crippen LogP contribution < -0.4 is 4.90 Å². The lowest BCUT2D eigenvalue weighted by atomic mass is 10.2. The predicted octanol–water partition coefficient (Wildman–Crippen LogP) is 1.28. The third-order valence-corrected chi connectivity index (χ3v) is 2.71. The van der Waals surface area contributed by atoms with Crippen LogP contribution in [0.2, 0.25) is 5.02 Å². The summed E-state index contributed by atoms with van der Waals surface area (Å²) in [7, 11) is 0. The molecule has 16 heavy (non-hydrogen) atoms. The van der Waals surface area contributed by atoms with Crippen molar-refractivity contribution in [2.24, 2.45) is 0 Å². The number of β-amino-alcohol motifs (C(OH)–C–C–N with tert-alkyl or cyclic N) is 1. The number of rotatable bonds is 1. The van der Waals surface area contributed by atoms with Crippen molar-refractivity contribution in [3.8, 4) is 5.75 Å². The summed E-state index contributed by atoms with van der Waals surface area (Å²) in [6, 6.07) is 2.01. The lowest BCUT2D eigenvalue weighted by molar-refractivity contribution is -0.117. The van der Waals surface area contributed by atoms with Gasteiger partial charge in [0.25, 0.3) is 0 Å². The maximum Gasteiger partial charge on any atom is 0.229 e. The Bertz CT molecular complexity index is 452. The number of carbonyl (C=O) groups excluding carboxylic acids is 1. The van der Waals surface area contributed by atoms with Crippen LogP contribution in [0.25, 0.3) is 0 Å². The van der Waals surface area contributed by atoms with Gasteiger partial charge in [0.1, 0.15) is 11.6 Å². The maximum absolute atomic E-state index is 13.5. The van der Waals surface area contributed by atoms with Crippen molar-refractivity contribution in [3.63, 3.8) is 0 Å². The summed E-state index contributed by atoms with van der Waals surface area (Å²) in [5, 5.41) is 18.5. The van der Waals surface area contributed by atoms with Crippen LogP contribution >= 0.6 is 11.6 Å². The first-order valence-electron chi connectivity index (χ1n) is 4.65. The van der Waals surface area contributed by atoms with E-state index in [2.05, 4.69) is 0 Å². The number of aliphatic hydroxyl groups excluding tert-OH is 1. The molecule has 0 aliphatic carbocycles. The van der Waals surface area contributed by atoms with Crippen LogP contribution in [0.15, 0.2) is 12.1 Å². The molecule has 1 aliphatic rings. The molecule has 4 nitrogen and oxygen atoms in total. The summed E-state index contributed by atoms with van der Waals surface area (Å²) in [5.41, 5.74) is -0.0662. The van der Waals surface area contributed by atoms with Crippen LogP contribution in [-0.4, -0.2) is 28.8 Å². The number of amides is 1. The van der Waals surface area contributed by atoms with E-state index in [-0.39, 0.29) is 35.3 Å². The first-order chi connectivity index (χ1) is 7.49. The molecular weight excluding hydrogens is 237 g/mol. The summed E-state index contributed by atoms with van der Waals surface area (Å²) >= 11 is 5.51. The molecule has 2 N–H and O–H groups in total. The molecule has 1 saturated heterocycles. The predicted molar refractivity (Wildman–Crippen MR) is 56.1 cm³/mol. The smallest absolute Gasteiger partial charge is 0.229 e. The van der Waals surface area contributed by atoms with Gasteiger partial charge in [-0.15, -0.1) is 0 Å². The molecule has 6 heteroatoms.